The molecule has 0 bridgehead atoms. The third-order valence-corrected chi connectivity index (χ3v) is 5.40. The molecule has 0 fully saturated rings. The van der Waals surface area contributed by atoms with Gasteiger partial charge in [-0.2, -0.15) is 0 Å². The molecule has 0 aromatic carbocycles. The van der Waals surface area contributed by atoms with Crippen LogP contribution in [-0.2, 0) is 0 Å². The Balaban J connectivity index is 2.99. The summed E-state index contributed by atoms with van der Waals surface area (Å²) in [6.45, 7) is 0. The average molecular weight is 394 g/mol. The first-order chi connectivity index (χ1) is 7.56. The van der Waals surface area contributed by atoms with E-state index in [2.05, 4.69) is 0 Å². The summed E-state index contributed by atoms with van der Waals surface area (Å²) < 4.78 is 0.504. The molecule has 98 valence electrons. The molecule has 0 atom stereocenters. The Bertz CT molecular complexity index is 146. The van der Waals surface area contributed by atoms with Crippen LogP contribution < -0.4 is 0 Å². The van der Waals surface area contributed by atoms with Crippen LogP contribution in [0.1, 0.15) is 64.2 Å². The Labute approximate surface area is 129 Å². The van der Waals surface area contributed by atoms with Crippen molar-refractivity contribution in [2.45, 2.75) is 72.4 Å². The van der Waals surface area contributed by atoms with Gasteiger partial charge in [-0.25, -0.2) is 0 Å². The van der Waals surface area contributed by atoms with Gasteiger partial charge < -0.3 is 0 Å². The molecule has 16 heavy (non-hydrogen) atoms. The van der Waals surface area contributed by atoms with E-state index in [1.165, 1.54) is 51.4 Å². The van der Waals surface area contributed by atoms with E-state index < -0.39 is 3.79 Å². The maximum atomic E-state index is 5.68. The van der Waals surface area contributed by atoms with Crippen LogP contribution in [0.15, 0.2) is 0 Å². The van der Waals surface area contributed by atoms with Crippen LogP contribution in [0.25, 0.3) is 0 Å². The molecule has 0 saturated carbocycles. The molecular formula is C12H25Cl3Sn. The normalized spacial score (nSPS) is 12.2. The third kappa shape index (κ3) is 15.7. The van der Waals surface area contributed by atoms with Gasteiger partial charge in [0.2, 0.25) is 0 Å². The van der Waals surface area contributed by atoms with E-state index in [0.717, 1.165) is 28.9 Å². The fraction of sp³-hybridized carbons (Fsp3) is 1.00. The fourth-order valence-corrected chi connectivity index (χ4v) is 3.64. The van der Waals surface area contributed by atoms with Gasteiger partial charge in [-0.3, -0.25) is 0 Å². The molecule has 0 aromatic heterocycles. The molecular weight excluding hydrogens is 369 g/mol. The fourth-order valence-electron chi connectivity index (χ4n) is 1.81. The van der Waals surface area contributed by atoms with E-state index >= 15 is 0 Å². The van der Waals surface area contributed by atoms with Crippen LogP contribution in [-0.4, -0.2) is 26.3 Å². The first-order valence-corrected chi connectivity index (χ1v) is 11.8. The van der Waals surface area contributed by atoms with Crippen LogP contribution in [0.5, 0.6) is 0 Å². The SMILES string of the molecule is ClC(Cl)(Cl)CCCCCCCCCC[CH2][SnH3]. The molecule has 4 heteroatoms. The van der Waals surface area contributed by atoms with Gasteiger partial charge in [-0.05, 0) is 0 Å². The number of hydrogen-bond donors (Lipinski definition) is 0. The monoisotopic (exact) mass is 394 g/mol. The molecule has 0 aliphatic heterocycles. The molecule has 0 aliphatic rings. The summed E-state index contributed by atoms with van der Waals surface area (Å²) in [6, 6.07) is 0. The molecule has 0 unspecified atom stereocenters. The van der Waals surface area contributed by atoms with Gasteiger partial charge in [0, 0.05) is 0 Å². The molecule has 0 amide bonds. The quantitative estimate of drug-likeness (QED) is 0.277. The van der Waals surface area contributed by atoms with Gasteiger partial charge in [-0.1, -0.05) is 34.8 Å². The summed E-state index contributed by atoms with van der Waals surface area (Å²) in [5, 5.41) is 0. The number of rotatable bonds is 10. The molecule has 0 heterocycles. The summed E-state index contributed by atoms with van der Waals surface area (Å²) >= 11 is 18.0. The molecule has 0 rings (SSSR count). The van der Waals surface area contributed by atoms with E-state index in [4.69, 9.17) is 34.8 Å². The molecule has 0 nitrogen and oxygen atoms in total. The van der Waals surface area contributed by atoms with E-state index in [9.17, 15) is 0 Å². The van der Waals surface area contributed by atoms with Gasteiger partial charge in [-0.15, -0.1) is 0 Å². The molecule has 0 saturated heterocycles. The standard InChI is InChI=1S/C12H22Cl3.Sn.3H/c1-2-3-4-5-6-7-8-9-10-11-12(13,14)15;;;;/h1-11H2;;;;. The van der Waals surface area contributed by atoms with Gasteiger partial charge in [0.15, 0.2) is 0 Å². The average Bonchev–Trinajstić information content (AvgIpc) is 2.19. The van der Waals surface area contributed by atoms with Crippen molar-refractivity contribution in [2.24, 2.45) is 0 Å². The Morgan fingerprint density at radius 1 is 0.625 bits per heavy atom. The number of unbranched alkanes of at least 4 members (excludes halogenated alkanes) is 8. The van der Waals surface area contributed by atoms with Gasteiger partial charge in [0.05, 0.1) is 0 Å². The van der Waals surface area contributed by atoms with Crippen LogP contribution in [0.4, 0.5) is 0 Å². The zero-order chi connectivity index (χ0) is 12.3. The Kier molecular flexibility index (Phi) is 13.0. The van der Waals surface area contributed by atoms with Crippen molar-refractivity contribution in [1.82, 2.24) is 0 Å². The predicted molar refractivity (Wildman–Crippen MR) is 81.2 cm³/mol. The summed E-state index contributed by atoms with van der Waals surface area (Å²) in [4.78, 5) is 0. The predicted octanol–water partition coefficient (Wildman–Crippen LogP) is 5.04. The Morgan fingerprint density at radius 2 is 1.00 bits per heavy atom. The van der Waals surface area contributed by atoms with Crippen LogP contribution in [0, 0.1) is 0 Å². The minimum absolute atomic E-state index is 0.694. The molecule has 0 aromatic rings. The maximum absolute atomic E-state index is 5.68. The van der Waals surface area contributed by atoms with Crippen molar-refractivity contribution in [3.63, 3.8) is 0 Å². The molecule has 0 radical (unpaired) electrons. The van der Waals surface area contributed by atoms with Crippen LogP contribution >= 0.6 is 34.8 Å². The summed E-state index contributed by atoms with van der Waals surface area (Å²) in [7, 11) is 0. The van der Waals surface area contributed by atoms with Gasteiger partial charge >= 0.3 is 95.0 Å². The first-order valence-electron chi connectivity index (χ1n) is 6.63. The number of halogens is 3. The second-order valence-corrected chi connectivity index (χ2v) is 9.92. The van der Waals surface area contributed by atoms with Crippen molar-refractivity contribution in [2.75, 3.05) is 0 Å². The summed E-state index contributed by atoms with van der Waals surface area (Å²) in [5.74, 6) is 0. The number of alkyl halides is 3. The van der Waals surface area contributed by atoms with Crippen molar-refractivity contribution in [3.05, 3.63) is 0 Å². The van der Waals surface area contributed by atoms with E-state index in [0.29, 0.717) is 6.42 Å². The zero-order valence-electron chi connectivity index (χ0n) is 10.4. The first kappa shape index (κ1) is 17.7. The van der Waals surface area contributed by atoms with Crippen molar-refractivity contribution in [3.8, 4) is 0 Å². The topological polar surface area (TPSA) is 0 Å². The van der Waals surface area contributed by atoms with E-state index in [1.807, 2.05) is 0 Å². The van der Waals surface area contributed by atoms with Crippen LogP contribution in [0.3, 0.4) is 0 Å². The summed E-state index contributed by atoms with van der Waals surface area (Å²) in [6.07, 6.45) is 12.8. The third-order valence-electron chi connectivity index (χ3n) is 2.81. The van der Waals surface area contributed by atoms with Gasteiger partial charge in [0.1, 0.15) is 0 Å². The Morgan fingerprint density at radius 3 is 1.38 bits per heavy atom. The van der Waals surface area contributed by atoms with Gasteiger partial charge in [0.25, 0.3) is 0 Å². The molecule has 0 aliphatic carbocycles. The molecule has 0 spiro atoms. The second kappa shape index (κ2) is 11.7. The molecule has 0 N–H and O–H groups in total. The van der Waals surface area contributed by atoms with E-state index in [-0.39, 0.29) is 0 Å². The van der Waals surface area contributed by atoms with Crippen molar-refractivity contribution >= 4 is 57.3 Å². The summed E-state index contributed by atoms with van der Waals surface area (Å²) in [5.41, 5.74) is 0. The number of hydrogen-bond acceptors (Lipinski definition) is 0. The van der Waals surface area contributed by atoms with Crippen LogP contribution in [0.2, 0.25) is 4.44 Å². The van der Waals surface area contributed by atoms with E-state index in [1.54, 1.807) is 4.44 Å². The Hall–Kier alpha value is 1.67. The minimum atomic E-state index is -1.04. The van der Waals surface area contributed by atoms with Crippen molar-refractivity contribution in [1.29, 1.82) is 0 Å². The zero-order valence-corrected chi connectivity index (χ0v) is 18.4. The van der Waals surface area contributed by atoms with Crippen molar-refractivity contribution < 1.29 is 0 Å². The second-order valence-electron chi connectivity index (χ2n) is 4.55.